The van der Waals surface area contributed by atoms with Gasteiger partial charge in [0.05, 0.1) is 24.9 Å². The van der Waals surface area contributed by atoms with E-state index in [-0.39, 0.29) is 11.9 Å². The third-order valence-corrected chi connectivity index (χ3v) is 3.53. The van der Waals surface area contributed by atoms with Crippen molar-refractivity contribution in [1.29, 1.82) is 0 Å². The number of hydrogen-bond donors (Lipinski definition) is 0. The highest BCUT2D eigenvalue weighted by atomic mass is 35.5. The Labute approximate surface area is 115 Å². The van der Waals surface area contributed by atoms with E-state index >= 15 is 0 Å². The Hall–Kier alpha value is -1.30. The van der Waals surface area contributed by atoms with E-state index in [1.165, 1.54) is 0 Å². The van der Waals surface area contributed by atoms with Gasteiger partial charge in [0.15, 0.2) is 5.58 Å². The van der Waals surface area contributed by atoms with E-state index in [1.54, 1.807) is 16.7 Å². The number of morpholine rings is 1. The molecule has 1 aliphatic rings. The minimum Gasteiger partial charge on any atom is -0.408 e. The summed E-state index contributed by atoms with van der Waals surface area (Å²) in [5.74, 6) is -0.351. The maximum Gasteiger partial charge on any atom is 0.421 e. The molecule has 0 spiro atoms. The highest BCUT2D eigenvalue weighted by Gasteiger charge is 2.19. The van der Waals surface area contributed by atoms with E-state index in [4.69, 9.17) is 20.8 Å². The predicted octanol–water partition coefficient (Wildman–Crippen LogP) is 1.93. The van der Waals surface area contributed by atoms with Gasteiger partial charge in [-0.05, 0) is 19.1 Å². The third-order valence-electron chi connectivity index (χ3n) is 3.30. The van der Waals surface area contributed by atoms with Crippen molar-refractivity contribution < 1.29 is 9.15 Å². The van der Waals surface area contributed by atoms with E-state index in [2.05, 4.69) is 4.90 Å². The van der Waals surface area contributed by atoms with Gasteiger partial charge in [0.2, 0.25) is 0 Å². The van der Waals surface area contributed by atoms with Crippen LogP contribution < -0.4 is 5.76 Å². The van der Waals surface area contributed by atoms with Gasteiger partial charge in [-0.1, -0.05) is 11.6 Å². The maximum atomic E-state index is 11.9. The molecule has 0 amide bonds. The molecular formula is C13H15ClN2O3. The Kier molecular flexibility index (Phi) is 3.35. The number of ether oxygens (including phenoxy) is 1. The second-order valence-electron chi connectivity index (χ2n) is 4.81. The lowest BCUT2D eigenvalue weighted by Crippen LogP contribution is -2.43. The standard InChI is InChI=1S/C13H15ClN2O3/c1-9-7-15(4-5-18-9)8-16-11-3-2-10(14)6-12(11)19-13(16)17/h2-3,6,9H,4-5,7-8H2,1H3. The lowest BCUT2D eigenvalue weighted by molar-refractivity contribution is -0.0292. The van der Waals surface area contributed by atoms with Crippen molar-refractivity contribution in [2.24, 2.45) is 0 Å². The molecule has 1 aliphatic heterocycles. The molecule has 0 bridgehead atoms. The molecule has 0 saturated carbocycles. The fourth-order valence-electron chi connectivity index (χ4n) is 2.39. The van der Waals surface area contributed by atoms with Crippen molar-refractivity contribution >= 4 is 22.7 Å². The van der Waals surface area contributed by atoms with E-state index < -0.39 is 0 Å². The van der Waals surface area contributed by atoms with Crippen LogP contribution in [0.2, 0.25) is 5.02 Å². The molecule has 1 aromatic heterocycles. The molecule has 0 N–H and O–H groups in total. The van der Waals surface area contributed by atoms with Crippen LogP contribution in [0.15, 0.2) is 27.4 Å². The summed E-state index contributed by atoms with van der Waals surface area (Å²) in [7, 11) is 0. The van der Waals surface area contributed by atoms with Crippen molar-refractivity contribution in [3.63, 3.8) is 0 Å². The van der Waals surface area contributed by atoms with Crippen LogP contribution in [0.3, 0.4) is 0 Å². The molecule has 6 heteroatoms. The summed E-state index contributed by atoms with van der Waals surface area (Å²) in [4.78, 5) is 14.1. The quantitative estimate of drug-likeness (QED) is 0.844. The number of oxazole rings is 1. The maximum absolute atomic E-state index is 11.9. The minimum atomic E-state index is -0.351. The molecule has 3 rings (SSSR count). The van der Waals surface area contributed by atoms with Crippen molar-refractivity contribution in [2.75, 3.05) is 19.7 Å². The zero-order chi connectivity index (χ0) is 13.4. The number of rotatable bonds is 2. The molecule has 1 unspecified atom stereocenters. The van der Waals surface area contributed by atoms with E-state index in [9.17, 15) is 4.79 Å². The van der Waals surface area contributed by atoms with Crippen molar-refractivity contribution in [2.45, 2.75) is 19.7 Å². The van der Waals surface area contributed by atoms with Gasteiger partial charge in [-0.2, -0.15) is 0 Å². The van der Waals surface area contributed by atoms with Crippen LogP contribution in [0.4, 0.5) is 0 Å². The summed E-state index contributed by atoms with van der Waals surface area (Å²) in [5, 5.41) is 0.563. The Morgan fingerprint density at radius 3 is 3.11 bits per heavy atom. The summed E-state index contributed by atoms with van der Waals surface area (Å²) < 4.78 is 12.3. The third kappa shape index (κ3) is 2.54. The SMILES string of the molecule is CC1CN(Cn2c(=O)oc3cc(Cl)ccc32)CCO1. The summed E-state index contributed by atoms with van der Waals surface area (Å²) in [6, 6.07) is 5.24. The minimum absolute atomic E-state index is 0.192. The zero-order valence-electron chi connectivity index (χ0n) is 10.6. The van der Waals surface area contributed by atoms with Crippen LogP contribution in [0, 0.1) is 0 Å². The monoisotopic (exact) mass is 282 g/mol. The van der Waals surface area contributed by atoms with E-state index in [1.807, 2.05) is 13.0 Å². The van der Waals surface area contributed by atoms with Crippen LogP contribution in [-0.4, -0.2) is 35.3 Å². The second-order valence-corrected chi connectivity index (χ2v) is 5.24. The first kappa shape index (κ1) is 12.7. The molecule has 0 aliphatic carbocycles. The van der Waals surface area contributed by atoms with Gasteiger partial charge < -0.3 is 9.15 Å². The first-order chi connectivity index (χ1) is 9.13. The Bertz CT molecular complexity index is 649. The van der Waals surface area contributed by atoms with E-state index in [0.29, 0.717) is 23.9 Å². The zero-order valence-corrected chi connectivity index (χ0v) is 11.4. The largest absolute Gasteiger partial charge is 0.421 e. The van der Waals surface area contributed by atoms with Gasteiger partial charge >= 0.3 is 5.76 Å². The summed E-state index contributed by atoms with van der Waals surface area (Å²) in [5.41, 5.74) is 1.30. The van der Waals surface area contributed by atoms with Gasteiger partial charge in [0.1, 0.15) is 0 Å². The Morgan fingerprint density at radius 2 is 2.32 bits per heavy atom. The van der Waals surface area contributed by atoms with Crippen LogP contribution in [0.5, 0.6) is 0 Å². The molecule has 0 radical (unpaired) electrons. The van der Waals surface area contributed by atoms with Gasteiger partial charge in [-0.3, -0.25) is 9.47 Å². The van der Waals surface area contributed by atoms with Gasteiger partial charge in [-0.15, -0.1) is 0 Å². The number of fused-ring (bicyclic) bond motifs is 1. The normalized spacial score (nSPS) is 21.1. The average Bonchev–Trinajstić information content (AvgIpc) is 2.65. The van der Waals surface area contributed by atoms with Crippen LogP contribution in [-0.2, 0) is 11.4 Å². The first-order valence-corrected chi connectivity index (χ1v) is 6.64. The lowest BCUT2D eigenvalue weighted by Gasteiger charge is -2.30. The predicted molar refractivity (Wildman–Crippen MR) is 72.5 cm³/mol. The van der Waals surface area contributed by atoms with Crippen molar-refractivity contribution in [3.8, 4) is 0 Å². The molecule has 19 heavy (non-hydrogen) atoms. The summed E-state index contributed by atoms with van der Waals surface area (Å²) in [6.45, 7) is 4.87. The van der Waals surface area contributed by atoms with Gasteiger partial charge in [-0.25, -0.2) is 4.79 Å². The van der Waals surface area contributed by atoms with E-state index in [0.717, 1.165) is 18.6 Å². The van der Waals surface area contributed by atoms with Gasteiger partial charge in [0.25, 0.3) is 0 Å². The molecule has 5 nitrogen and oxygen atoms in total. The molecular weight excluding hydrogens is 268 g/mol. The summed E-state index contributed by atoms with van der Waals surface area (Å²) >= 11 is 5.89. The number of nitrogens with zero attached hydrogens (tertiary/aromatic N) is 2. The molecule has 2 aromatic rings. The Morgan fingerprint density at radius 1 is 1.47 bits per heavy atom. The van der Waals surface area contributed by atoms with Crippen LogP contribution in [0.25, 0.3) is 11.1 Å². The molecule has 1 fully saturated rings. The molecule has 1 aromatic carbocycles. The van der Waals surface area contributed by atoms with Crippen LogP contribution in [0.1, 0.15) is 6.92 Å². The van der Waals surface area contributed by atoms with Crippen molar-refractivity contribution in [1.82, 2.24) is 9.47 Å². The number of halogens is 1. The molecule has 1 atom stereocenters. The van der Waals surface area contributed by atoms with Crippen LogP contribution >= 0.6 is 11.6 Å². The fraction of sp³-hybridized carbons (Fsp3) is 0.462. The first-order valence-electron chi connectivity index (χ1n) is 6.26. The number of benzene rings is 1. The molecule has 1 saturated heterocycles. The van der Waals surface area contributed by atoms with Crippen molar-refractivity contribution in [3.05, 3.63) is 33.8 Å². The van der Waals surface area contributed by atoms with Gasteiger partial charge in [0, 0.05) is 24.2 Å². The average molecular weight is 283 g/mol. The fourth-order valence-corrected chi connectivity index (χ4v) is 2.56. The Balaban J connectivity index is 1.92. The lowest BCUT2D eigenvalue weighted by atomic mass is 10.3. The summed E-state index contributed by atoms with van der Waals surface area (Å²) in [6.07, 6.45) is 0.192. The second kappa shape index (κ2) is 5.00. The molecule has 2 heterocycles. The topological polar surface area (TPSA) is 47.6 Å². The number of aromatic nitrogens is 1. The highest BCUT2D eigenvalue weighted by Crippen LogP contribution is 2.19. The molecule has 102 valence electrons. The highest BCUT2D eigenvalue weighted by molar-refractivity contribution is 6.31. The smallest absolute Gasteiger partial charge is 0.408 e. The number of hydrogen-bond acceptors (Lipinski definition) is 4.